The molecule has 170 valence electrons. The molecule has 0 radical (unpaired) electrons. The second-order valence-corrected chi connectivity index (χ2v) is 9.40. The number of alkyl halides is 1. The lowest BCUT2D eigenvalue weighted by atomic mass is 9.88. The third-order valence-corrected chi connectivity index (χ3v) is 5.55. The van der Waals surface area contributed by atoms with Crippen LogP contribution in [0, 0.1) is 12.5 Å². The van der Waals surface area contributed by atoms with Gasteiger partial charge in [0.25, 0.3) is 0 Å². The summed E-state index contributed by atoms with van der Waals surface area (Å²) in [6, 6.07) is 12.2. The molecule has 1 saturated heterocycles. The van der Waals surface area contributed by atoms with Crippen LogP contribution in [0.15, 0.2) is 42.5 Å². The van der Waals surface area contributed by atoms with Gasteiger partial charge in [0.2, 0.25) is 5.69 Å². The zero-order valence-corrected chi connectivity index (χ0v) is 19.4. The highest BCUT2D eigenvalue weighted by molar-refractivity contribution is 6.30. The van der Waals surface area contributed by atoms with Gasteiger partial charge in [-0.15, -0.1) is 0 Å². The summed E-state index contributed by atoms with van der Waals surface area (Å²) in [5, 5.41) is 0.475. The van der Waals surface area contributed by atoms with E-state index >= 15 is 4.39 Å². The summed E-state index contributed by atoms with van der Waals surface area (Å²) in [7, 11) is 0. The first kappa shape index (κ1) is 23.9. The summed E-state index contributed by atoms with van der Waals surface area (Å²) < 4.78 is 26.5. The summed E-state index contributed by atoms with van der Waals surface area (Å²) in [5.74, 6) is 0.288. The van der Waals surface area contributed by atoms with Crippen LogP contribution in [0.2, 0.25) is 5.02 Å². The predicted molar refractivity (Wildman–Crippen MR) is 123 cm³/mol. The highest BCUT2D eigenvalue weighted by Crippen LogP contribution is 2.35. The van der Waals surface area contributed by atoms with E-state index in [0.717, 1.165) is 5.56 Å². The molecule has 5 nitrogen and oxygen atoms in total. The van der Waals surface area contributed by atoms with E-state index in [4.69, 9.17) is 27.6 Å². The van der Waals surface area contributed by atoms with E-state index in [9.17, 15) is 4.79 Å². The fourth-order valence-electron chi connectivity index (χ4n) is 3.69. The number of ether oxygens (including phenoxy) is 2. The molecular formula is C25H28ClFN2O3. The van der Waals surface area contributed by atoms with Crippen molar-refractivity contribution in [2.24, 2.45) is 5.92 Å². The van der Waals surface area contributed by atoms with Crippen LogP contribution in [0.5, 0.6) is 5.75 Å². The number of benzene rings is 2. The molecule has 3 rings (SSSR count). The molecule has 2 aromatic carbocycles. The van der Waals surface area contributed by atoms with Crippen LogP contribution in [0.1, 0.15) is 50.9 Å². The Balaban J connectivity index is 1.58. The number of halogens is 2. The van der Waals surface area contributed by atoms with Gasteiger partial charge < -0.3 is 14.4 Å². The highest BCUT2D eigenvalue weighted by Gasteiger charge is 2.31. The number of amides is 1. The fourth-order valence-corrected chi connectivity index (χ4v) is 3.86. The van der Waals surface area contributed by atoms with E-state index in [2.05, 4.69) is 4.85 Å². The maximum absolute atomic E-state index is 15.3. The van der Waals surface area contributed by atoms with Crippen LogP contribution >= 0.6 is 11.6 Å². The van der Waals surface area contributed by atoms with E-state index < -0.39 is 11.8 Å². The van der Waals surface area contributed by atoms with Gasteiger partial charge in [-0.3, -0.25) is 0 Å². The van der Waals surface area contributed by atoms with Gasteiger partial charge in [-0.25, -0.2) is 14.0 Å². The molecule has 7 heteroatoms. The van der Waals surface area contributed by atoms with Crippen molar-refractivity contribution in [1.82, 2.24) is 4.90 Å². The van der Waals surface area contributed by atoms with Crippen molar-refractivity contribution in [3.05, 3.63) is 70.0 Å². The van der Waals surface area contributed by atoms with Gasteiger partial charge in [0, 0.05) is 18.1 Å². The molecule has 0 saturated carbocycles. The largest absolute Gasteiger partial charge is 0.500 e. The van der Waals surface area contributed by atoms with Gasteiger partial charge in [-0.1, -0.05) is 29.8 Å². The summed E-state index contributed by atoms with van der Waals surface area (Å²) in [6.45, 7) is 14.0. The lowest BCUT2D eigenvalue weighted by Crippen LogP contribution is -2.42. The number of likely N-dealkylation sites (tertiary alicyclic amines) is 1. The van der Waals surface area contributed by atoms with Gasteiger partial charge in [0.05, 0.1) is 6.57 Å². The molecule has 0 N–H and O–H groups in total. The number of nitrogens with zero attached hydrogens (tertiary/aromatic N) is 2. The lowest BCUT2D eigenvalue weighted by Gasteiger charge is -2.34. The van der Waals surface area contributed by atoms with Crippen molar-refractivity contribution in [3.63, 3.8) is 0 Å². The van der Waals surface area contributed by atoms with Crippen LogP contribution < -0.4 is 4.74 Å². The minimum Gasteiger partial charge on any atom is -0.500 e. The summed E-state index contributed by atoms with van der Waals surface area (Å²) >= 11 is 5.93. The molecule has 1 atom stereocenters. The molecule has 0 aromatic heterocycles. The van der Waals surface area contributed by atoms with E-state index in [0.29, 0.717) is 48.0 Å². The molecule has 1 amide bonds. The summed E-state index contributed by atoms with van der Waals surface area (Å²) in [4.78, 5) is 17.3. The molecule has 2 aromatic rings. The van der Waals surface area contributed by atoms with Crippen molar-refractivity contribution in [2.45, 2.75) is 52.0 Å². The van der Waals surface area contributed by atoms with Gasteiger partial charge in [0.1, 0.15) is 24.1 Å². The van der Waals surface area contributed by atoms with Crippen molar-refractivity contribution in [3.8, 4) is 5.75 Å². The minimum absolute atomic E-state index is 0.158. The Labute approximate surface area is 193 Å². The normalized spacial score (nSPS) is 15.7. The first-order valence-corrected chi connectivity index (χ1v) is 11.0. The number of hydrogen-bond acceptors (Lipinski definition) is 3. The van der Waals surface area contributed by atoms with Gasteiger partial charge in [0.15, 0.2) is 0 Å². The number of carbonyl (C=O) groups excluding carboxylic acids is 1. The van der Waals surface area contributed by atoms with E-state index in [1.54, 1.807) is 35.2 Å². The molecule has 1 fully saturated rings. The van der Waals surface area contributed by atoms with Crippen LogP contribution in [-0.2, 0) is 11.3 Å². The third kappa shape index (κ3) is 6.37. The van der Waals surface area contributed by atoms with E-state index in [1.165, 1.54) is 0 Å². The average Bonchev–Trinajstić information content (AvgIpc) is 2.76. The Bertz CT molecular complexity index is 991. The Morgan fingerprint density at radius 2 is 1.97 bits per heavy atom. The number of hydrogen-bond donors (Lipinski definition) is 0. The number of carbonyl (C=O) groups is 1. The first-order chi connectivity index (χ1) is 15.2. The monoisotopic (exact) mass is 458 g/mol. The topological polar surface area (TPSA) is 43.1 Å². The Morgan fingerprint density at radius 1 is 1.25 bits per heavy atom. The molecule has 1 aliphatic heterocycles. The number of piperidine rings is 1. The zero-order chi connectivity index (χ0) is 23.3. The quantitative estimate of drug-likeness (QED) is 0.447. The van der Waals surface area contributed by atoms with Crippen molar-refractivity contribution < 1.29 is 18.7 Å². The van der Waals surface area contributed by atoms with E-state index in [1.807, 2.05) is 32.9 Å². The average molecular weight is 459 g/mol. The Morgan fingerprint density at radius 3 is 2.62 bits per heavy atom. The van der Waals surface area contributed by atoms with Crippen LogP contribution in [0.3, 0.4) is 0 Å². The number of rotatable bonds is 5. The Kier molecular flexibility index (Phi) is 7.63. The van der Waals surface area contributed by atoms with Gasteiger partial charge >= 0.3 is 6.09 Å². The minimum atomic E-state index is -1.12. The standard InChI is InChI=1S/C25H28ClFN2O3/c1-25(2,3)32-24(30)29-12-10-18(11-13-29)23(27)19-7-5-6-17(14-19)16-31-22-9-8-20(26)15-21(22)28-4/h5-9,14-15,18,23H,10-13,16H2,1-3H3/t23-/m1/s1. The van der Waals surface area contributed by atoms with Crippen LogP contribution in [-0.4, -0.2) is 29.7 Å². The van der Waals surface area contributed by atoms with Crippen molar-refractivity contribution in [2.75, 3.05) is 13.1 Å². The fraction of sp³-hybridized carbons (Fsp3) is 0.440. The molecule has 0 bridgehead atoms. The van der Waals surface area contributed by atoms with Crippen molar-refractivity contribution in [1.29, 1.82) is 0 Å². The van der Waals surface area contributed by atoms with Gasteiger partial charge in [-0.2, -0.15) is 0 Å². The molecule has 0 spiro atoms. The molecule has 1 heterocycles. The van der Waals surface area contributed by atoms with E-state index in [-0.39, 0.29) is 18.6 Å². The molecule has 0 aliphatic carbocycles. The maximum Gasteiger partial charge on any atom is 0.410 e. The SMILES string of the molecule is [C-]#[N+]c1cc(Cl)ccc1OCc1cccc([C@H](F)C2CCN(C(=O)OC(C)(C)C)CC2)c1. The smallest absolute Gasteiger partial charge is 0.410 e. The summed E-state index contributed by atoms with van der Waals surface area (Å²) in [6.07, 6.45) is -0.294. The Hall–Kier alpha value is -2.78. The second-order valence-electron chi connectivity index (χ2n) is 8.96. The van der Waals surface area contributed by atoms with Crippen molar-refractivity contribution >= 4 is 23.4 Å². The molecule has 0 unspecified atom stereocenters. The highest BCUT2D eigenvalue weighted by atomic mass is 35.5. The maximum atomic E-state index is 15.3. The lowest BCUT2D eigenvalue weighted by molar-refractivity contribution is 0.0144. The summed E-state index contributed by atoms with van der Waals surface area (Å²) in [5.41, 5.74) is 1.22. The predicted octanol–water partition coefficient (Wildman–Crippen LogP) is 7.13. The first-order valence-electron chi connectivity index (χ1n) is 10.7. The van der Waals surface area contributed by atoms with Crippen LogP contribution in [0.25, 0.3) is 4.85 Å². The van der Waals surface area contributed by atoms with Gasteiger partial charge in [-0.05, 0) is 74.9 Å². The molecule has 1 aliphatic rings. The zero-order valence-electron chi connectivity index (χ0n) is 18.6. The second kappa shape index (κ2) is 10.2. The van der Waals surface area contributed by atoms with Crippen LogP contribution in [0.4, 0.5) is 14.9 Å². The molecular weight excluding hydrogens is 431 g/mol. The molecule has 32 heavy (non-hydrogen) atoms. The third-order valence-electron chi connectivity index (χ3n) is 5.31.